The van der Waals surface area contributed by atoms with E-state index >= 15 is 0 Å². The molecule has 0 bridgehead atoms. The van der Waals surface area contributed by atoms with Gasteiger partial charge in [0.1, 0.15) is 11.7 Å². The fourth-order valence-electron chi connectivity index (χ4n) is 1.68. The number of Topliss-reactive ketones (excluding diaryl/α,β-unsaturated/α-hetero) is 1. The van der Waals surface area contributed by atoms with Crippen LogP contribution in [0, 0.1) is 5.92 Å². The summed E-state index contributed by atoms with van der Waals surface area (Å²) in [6.45, 7) is 2.62. The molecule has 0 aromatic heterocycles. The van der Waals surface area contributed by atoms with Gasteiger partial charge in [0.25, 0.3) is 0 Å². The highest BCUT2D eigenvalue weighted by Gasteiger charge is 2.36. The molecular weight excluding hydrogens is 170 g/mol. The van der Waals surface area contributed by atoms with E-state index in [9.17, 15) is 9.59 Å². The number of ether oxygens (including phenoxy) is 1. The third kappa shape index (κ3) is 2.06. The summed E-state index contributed by atoms with van der Waals surface area (Å²) in [5.41, 5.74) is 0. The number of hydrogen-bond donors (Lipinski definition) is 1. The van der Waals surface area contributed by atoms with Gasteiger partial charge >= 0.3 is 5.97 Å². The van der Waals surface area contributed by atoms with Crippen molar-refractivity contribution >= 4 is 11.8 Å². The normalized spacial score (nSPS) is 28.6. The summed E-state index contributed by atoms with van der Waals surface area (Å²) in [6, 6.07) is -0.0475. The second kappa shape index (κ2) is 4.37. The number of carbonyl (C=O) groups is 2. The van der Waals surface area contributed by atoms with Crippen molar-refractivity contribution in [2.75, 3.05) is 13.7 Å². The molecule has 0 spiro atoms. The van der Waals surface area contributed by atoms with Crippen LogP contribution in [0.2, 0.25) is 0 Å². The van der Waals surface area contributed by atoms with Crippen LogP contribution in [0.15, 0.2) is 0 Å². The molecule has 0 amide bonds. The Labute approximate surface area is 77.6 Å². The number of methoxy groups -OCH3 is 1. The van der Waals surface area contributed by atoms with Gasteiger partial charge < -0.3 is 10.1 Å². The molecule has 1 saturated heterocycles. The highest BCUT2D eigenvalue weighted by molar-refractivity contribution is 6.00. The minimum Gasteiger partial charge on any atom is -0.468 e. The molecule has 2 unspecified atom stereocenters. The molecule has 74 valence electrons. The first-order chi connectivity index (χ1) is 6.20. The average molecular weight is 185 g/mol. The zero-order chi connectivity index (χ0) is 9.84. The van der Waals surface area contributed by atoms with Gasteiger partial charge in [0.05, 0.1) is 7.11 Å². The molecule has 0 saturated carbocycles. The number of hydrogen-bond acceptors (Lipinski definition) is 4. The Morgan fingerprint density at radius 2 is 2.38 bits per heavy atom. The molecule has 1 N–H and O–H groups in total. The predicted octanol–water partition coefficient (Wildman–Crippen LogP) is 0.117. The molecule has 1 rings (SSSR count). The molecule has 1 aliphatic heterocycles. The fourth-order valence-corrected chi connectivity index (χ4v) is 1.68. The maximum Gasteiger partial charge on any atom is 0.317 e. The Morgan fingerprint density at radius 1 is 1.69 bits per heavy atom. The number of piperidine rings is 1. The zero-order valence-corrected chi connectivity index (χ0v) is 8.00. The van der Waals surface area contributed by atoms with Gasteiger partial charge in [-0.25, -0.2) is 0 Å². The third-order valence-electron chi connectivity index (χ3n) is 2.42. The minimum absolute atomic E-state index is 0.00236. The summed E-state index contributed by atoms with van der Waals surface area (Å²) < 4.78 is 4.59. The van der Waals surface area contributed by atoms with Gasteiger partial charge in [0.2, 0.25) is 0 Å². The van der Waals surface area contributed by atoms with E-state index in [1.807, 2.05) is 6.92 Å². The molecule has 4 nitrogen and oxygen atoms in total. The summed E-state index contributed by atoms with van der Waals surface area (Å²) >= 11 is 0. The molecule has 0 radical (unpaired) electrons. The summed E-state index contributed by atoms with van der Waals surface area (Å²) in [5.74, 6) is -1.01. The van der Waals surface area contributed by atoms with Crippen LogP contribution in [0.3, 0.4) is 0 Å². The Balaban J connectivity index is 2.73. The molecule has 2 atom stereocenters. The number of carbonyl (C=O) groups excluding carboxylic acids is 2. The van der Waals surface area contributed by atoms with Crippen molar-refractivity contribution in [3.05, 3.63) is 0 Å². The molecule has 1 heterocycles. The predicted molar refractivity (Wildman–Crippen MR) is 47.2 cm³/mol. The zero-order valence-electron chi connectivity index (χ0n) is 8.00. The SMILES string of the molecule is CCC1NCCC(=O)C1C(=O)OC. The Morgan fingerprint density at radius 3 is 2.92 bits per heavy atom. The van der Waals surface area contributed by atoms with Crippen LogP contribution in [0.4, 0.5) is 0 Å². The molecule has 13 heavy (non-hydrogen) atoms. The van der Waals surface area contributed by atoms with Gasteiger partial charge in [0, 0.05) is 19.0 Å². The first-order valence-electron chi connectivity index (χ1n) is 4.54. The van der Waals surface area contributed by atoms with E-state index in [1.54, 1.807) is 0 Å². The standard InChI is InChI=1S/C9H15NO3/c1-3-6-8(9(12)13-2)7(11)4-5-10-6/h6,8,10H,3-5H2,1-2H3. The van der Waals surface area contributed by atoms with E-state index in [-0.39, 0.29) is 11.8 Å². The maximum absolute atomic E-state index is 11.4. The van der Waals surface area contributed by atoms with Crippen molar-refractivity contribution in [3.8, 4) is 0 Å². The van der Waals surface area contributed by atoms with E-state index in [2.05, 4.69) is 10.1 Å². The summed E-state index contributed by atoms with van der Waals surface area (Å²) in [6.07, 6.45) is 1.20. The topological polar surface area (TPSA) is 55.4 Å². The lowest BCUT2D eigenvalue weighted by Gasteiger charge is -2.28. The summed E-state index contributed by atoms with van der Waals surface area (Å²) in [4.78, 5) is 22.7. The largest absolute Gasteiger partial charge is 0.468 e. The molecule has 0 aromatic carbocycles. The van der Waals surface area contributed by atoms with E-state index in [1.165, 1.54) is 7.11 Å². The lowest BCUT2D eigenvalue weighted by atomic mass is 9.88. The van der Waals surface area contributed by atoms with Gasteiger partial charge in [0.15, 0.2) is 0 Å². The van der Waals surface area contributed by atoms with Gasteiger partial charge in [-0.1, -0.05) is 6.92 Å². The molecule has 0 aromatic rings. The van der Waals surface area contributed by atoms with Crippen molar-refractivity contribution in [2.45, 2.75) is 25.8 Å². The monoisotopic (exact) mass is 185 g/mol. The van der Waals surface area contributed by atoms with Crippen LogP contribution >= 0.6 is 0 Å². The third-order valence-corrected chi connectivity index (χ3v) is 2.42. The fraction of sp³-hybridized carbons (Fsp3) is 0.778. The molecule has 1 aliphatic rings. The van der Waals surface area contributed by atoms with Crippen molar-refractivity contribution < 1.29 is 14.3 Å². The Hall–Kier alpha value is -0.900. The average Bonchev–Trinajstić information content (AvgIpc) is 2.16. The van der Waals surface area contributed by atoms with Crippen LogP contribution in [0.1, 0.15) is 19.8 Å². The van der Waals surface area contributed by atoms with Crippen LogP contribution in [0.5, 0.6) is 0 Å². The maximum atomic E-state index is 11.4. The first-order valence-corrected chi connectivity index (χ1v) is 4.54. The van der Waals surface area contributed by atoms with Crippen LogP contribution in [-0.4, -0.2) is 31.4 Å². The van der Waals surface area contributed by atoms with Gasteiger partial charge in [-0.2, -0.15) is 0 Å². The quantitative estimate of drug-likeness (QED) is 0.490. The smallest absolute Gasteiger partial charge is 0.317 e. The van der Waals surface area contributed by atoms with Crippen molar-refractivity contribution in [3.63, 3.8) is 0 Å². The van der Waals surface area contributed by atoms with E-state index in [0.717, 1.165) is 6.42 Å². The lowest BCUT2D eigenvalue weighted by molar-refractivity contribution is -0.151. The molecular formula is C9H15NO3. The van der Waals surface area contributed by atoms with Crippen molar-refractivity contribution in [1.82, 2.24) is 5.32 Å². The van der Waals surface area contributed by atoms with Gasteiger partial charge in [-0.15, -0.1) is 0 Å². The number of esters is 1. The van der Waals surface area contributed by atoms with E-state index < -0.39 is 11.9 Å². The van der Waals surface area contributed by atoms with Crippen LogP contribution in [0.25, 0.3) is 0 Å². The highest BCUT2D eigenvalue weighted by atomic mass is 16.5. The van der Waals surface area contributed by atoms with Crippen LogP contribution in [-0.2, 0) is 14.3 Å². The minimum atomic E-state index is -0.594. The number of rotatable bonds is 2. The summed E-state index contributed by atoms with van der Waals surface area (Å²) in [5, 5.41) is 3.14. The second-order valence-electron chi connectivity index (χ2n) is 3.19. The first kappa shape index (κ1) is 10.2. The number of ketones is 1. The second-order valence-corrected chi connectivity index (χ2v) is 3.19. The Kier molecular flexibility index (Phi) is 3.42. The summed E-state index contributed by atoms with van der Waals surface area (Å²) in [7, 11) is 1.32. The van der Waals surface area contributed by atoms with Gasteiger partial charge in [-0.3, -0.25) is 9.59 Å². The van der Waals surface area contributed by atoms with Crippen molar-refractivity contribution in [2.24, 2.45) is 5.92 Å². The van der Waals surface area contributed by atoms with Crippen LogP contribution < -0.4 is 5.32 Å². The highest BCUT2D eigenvalue weighted by Crippen LogP contribution is 2.16. The Bertz CT molecular complexity index is 207. The molecule has 1 fully saturated rings. The molecule has 4 heteroatoms. The number of nitrogens with one attached hydrogen (secondary N) is 1. The van der Waals surface area contributed by atoms with Gasteiger partial charge in [-0.05, 0) is 6.42 Å². The van der Waals surface area contributed by atoms with E-state index in [4.69, 9.17) is 0 Å². The van der Waals surface area contributed by atoms with E-state index in [0.29, 0.717) is 13.0 Å². The molecule has 0 aliphatic carbocycles. The van der Waals surface area contributed by atoms with Crippen molar-refractivity contribution in [1.29, 1.82) is 0 Å². The lowest BCUT2D eigenvalue weighted by Crippen LogP contribution is -2.49.